The van der Waals surface area contributed by atoms with Crippen molar-refractivity contribution in [1.29, 1.82) is 0 Å². The van der Waals surface area contributed by atoms with Crippen molar-refractivity contribution < 1.29 is 15.0 Å². The van der Waals surface area contributed by atoms with Crippen LogP contribution in [0.1, 0.15) is 24.2 Å². The monoisotopic (exact) mass is 236 g/mol. The highest BCUT2D eigenvalue weighted by Crippen LogP contribution is 2.19. The number of hydrogen-bond donors (Lipinski definition) is 2. The number of aromatic nitrogens is 1. The van der Waals surface area contributed by atoms with Gasteiger partial charge in [-0.15, -0.1) is 0 Å². The summed E-state index contributed by atoms with van der Waals surface area (Å²) < 4.78 is 0. The lowest BCUT2D eigenvalue weighted by molar-refractivity contribution is -0.142. The molecule has 0 unspecified atom stereocenters. The molecule has 1 saturated heterocycles. The maximum absolute atomic E-state index is 11.0. The van der Waals surface area contributed by atoms with E-state index in [4.69, 9.17) is 10.2 Å². The number of likely N-dealkylation sites (tertiary alicyclic amines) is 1. The molecule has 2 N–H and O–H groups in total. The maximum Gasteiger partial charge on any atom is 0.320 e. The van der Waals surface area contributed by atoms with Crippen LogP contribution < -0.4 is 0 Å². The molecule has 5 heteroatoms. The topological polar surface area (TPSA) is 73.7 Å². The number of carboxylic acids is 1. The number of aliphatic hydroxyl groups is 1. The van der Waals surface area contributed by atoms with E-state index in [9.17, 15) is 4.79 Å². The molecular weight excluding hydrogens is 220 g/mol. The Balaban J connectivity index is 2.06. The minimum Gasteiger partial charge on any atom is -0.480 e. The Labute approximate surface area is 99.7 Å². The molecule has 92 valence electrons. The molecule has 2 rings (SSSR count). The second-order valence-corrected chi connectivity index (χ2v) is 4.25. The van der Waals surface area contributed by atoms with Gasteiger partial charge < -0.3 is 10.2 Å². The molecule has 1 aromatic heterocycles. The van der Waals surface area contributed by atoms with Crippen molar-refractivity contribution >= 4 is 5.97 Å². The lowest BCUT2D eigenvalue weighted by atomic mass is 10.2. The first-order chi connectivity index (χ1) is 8.20. The number of nitrogens with zero attached hydrogens (tertiary/aromatic N) is 2. The van der Waals surface area contributed by atoms with Crippen LogP contribution in [-0.4, -0.2) is 38.7 Å². The van der Waals surface area contributed by atoms with Crippen molar-refractivity contribution in [2.45, 2.75) is 32.0 Å². The third-order valence-corrected chi connectivity index (χ3v) is 3.04. The number of carbonyl (C=O) groups is 1. The van der Waals surface area contributed by atoms with Crippen LogP contribution in [0.25, 0.3) is 0 Å². The standard InChI is InChI=1S/C12H16N2O3/c15-8-10-4-1-3-9(13-10)7-14-6-2-5-11(14)12(16)17/h1,3-4,11,15H,2,5-8H2,(H,16,17)/t11-/m0/s1. The number of carboxylic acid groups (broad SMARTS) is 1. The highest BCUT2D eigenvalue weighted by Gasteiger charge is 2.30. The molecule has 0 aliphatic carbocycles. The second kappa shape index (κ2) is 5.25. The zero-order chi connectivity index (χ0) is 12.3. The summed E-state index contributed by atoms with van der Waals surface area (Å²) >= 11 is 0. The summed E-state index contributed by atoms with van der Waals surface area (Å²) in [4.78, 5) is 17.2. The van der Waals surface area contributed by atoms with Gasteiger partial charge in [-0.2, -0.15) is 0 Å². The number of rotatable bonds is 4. The van der Waals surface area contributed by atoms with Gasteiger partial charge in [-0.25, -0.2) is 0 Å². The van der Waals surface area contributed by atoms with E-state index >= 15 is 0 Å². The van der Waals surface area contributed by atoms with Gasteiger partial charge in [0.05, 0.1) is 18.0 Å². The van der Waals surface area contributed by atoms with E-state index < -0.39 is 12.0 Å². The zero-order valence-corrected chi connectivity index (χ0v) is 9.54. The fourth-order valence-corrected chi connectivity index (χ4v) is 2.21. The first kappa shape index (κ1) is 12.0. The third kappa shape index (κ3) is 2.81. The smallest absolute Gasteiger partial charge is 0.320 e. The number of pyridine rings is 1. The van der Waals surface area contributed by atoms with Crippen LogP contribution in [0, 0.1) is 0 Å². The normalized spacial score (nSPS) is 20.6. The van der Waals surface area contributed by atoms with Crippen molar-refractivity contribution in [3.63, 3.8) is 0 Å². The molecule has 0 aromatic carbocycles. The molecule has 1 atom stereocenters. The van der Waals surface area contributed by atoms with E-state index in [1.807, 2.05) is 17.0 Å². The molecule has 0 bridgehead atoms. The van der Waals surface area contributed by atoms with Gasteiger partial charge in [0.25, 0.3) is 0 Å². The number of aliphatic carboxylic acids is 1. The molecule has 17 heavy (non-hydrogen) atoms. The summed E-state index contributed by atoms with van der Waals surface area (Å²) in [5.41, 5.74) is 1.43. The molecule has 1 fully saturated rings. The van der Waals surface area contributed by atoms with E-state index in [-0.39, 0.29) is 6.61 Å². The zero-order valence-electron chi connectivity index (χ0n) is 9.54. The highest BCUT2D eigenvalue weighted by atomic mass is 16.4. The molecule has 1 aliphatic rings. The molecule has 0 saturated carbocycles. The predicted octanol–water partition coefficient (Wildman–Crippen LogP) is 0.623. The van der Waals surface area contributed by atoms with Crippen molar-refractivity contribution in [1.82, 2.24) is 9.88 Å². The van der Waals surface area contributed by atoms with Crippen LogP contribution in [0.4, 0.5) is 0 Å². The second-order valence-electron chi connectivity index (χ2n) is 4.25. The Kier molecular flexibility index (Phi) is 3.71. The molecule has 0 spiro atoms. The van der Waals surface area contributed by atoms with Gasteiger partial charge in [0.15, 0.2) is 0 Å². The third-order valence-electron chi connectivity index (χ3n) is 3.04. The lowest BCUT2D eigenvalue weighted by Gasteiger charge is -2.20. The summed E-state index contributed by atoms with van der Waals surface area (Å²) in [5, 5.41) is 18.1. The van der Waals surface area contributed by atoms with Crippen LogP contribution >= 0.6 is 0 Å². The first-order valence-electron chi connectivity index (χ1n) is 5.73. The van der Waals surface area contributed by atoms with Gasteiger partial charge >= 0.3 is 5.97 Å². The predicted molar refractivity (Wildman–Crippen MR) is 61.2 cm³/mol. The summed E-state index contributed by atoms with van der Waals surface area (Å²) in [6, 6.07) is 5.05. The van der Waals surface area contributed by atoms with Crippen LogP contribution in [0.15, 0.2) is 18.2 Å². The van der Waals surface area contributed by atoms with Crippen molar-refractivity contribution in [3.8, 4) is 0 Å². The van der Waals surface area contributed by atoms with Gasteiger partial charge in [0.1, 0.15) is 6.04 Å². The van der Waals surface area contributed by atoms with Gasteiger partial charge in [0.2, 0.25) is 0 Å². The number of hydrogen-bond acceptors (Lipinski definition) is 4. The summed E-state index contributed by atoms with van der Waals surface area (Å²) in [6.07, 6.45) is 1.62. The lowest BCUT2D eigenvalue weighted by Crippen LogP contribution is -2.35. The number of aliphatic hydroxyl groups excluding tert-OH is 1. The van der Waals surface area contributed by atoms with Crippen LogP contribution in [0.5, 0.6) is 0 Å². The molecule has 1 aliphatic heterocycles. The van der Waals surface area contributed by atoms with E-state index in [2.05, 4.69) is 4.98 Å². The summed E-state index contributed by atoms with van der Waals surface area (Å²) in [5.74, 6) is -0.763. The minimum atomic E-state index is -0.763. The Morgan fingerprint density at radius 2 is 2.24 bits per heavy atom. The fourth-order valence-electron chi connectivity index (χ4n) is 2.21. The van der Waals surface area contributed by atoms with Gasteiger partial charge in [-0.1, -0.05) is 6.07 Å². The van der Waals surface area contributed by atoms with Crippen LogP contribution in [0.3, 0.4) is 0 Å². The molecular formula is C12H16N2O3. The van der Waals surface area contributed by atoms with Gasteiger partial charge in [0, 0.05) is 6.54 Å². The van der Waals surface area contributed by atoms with Crippen molar-refractivity contribution in [2.24, 2.45) is 0 Å². The van der Waals surface area contributed by atoms with Crippen LogP contribution in [-0.2, 0) is 17.9 Å². The largest absolute Gasteiger partial charge is 0.480 e. The Hall–Kier alpha value is -1.46. The van der Waals surface area contributed by atoms with Crippen LogP contribution in [0.2, 0.25) is 0 Å². The quantitative estimate of drug-likeness (QED) is 0.801. The Morgan fingerprint density at radius 3 is 2.94 bits per heavy atom. The maximum atomic E-state index is 11.0. The summed E-state index contributed by atoms with van der Waals surface area (Å²) in [6.45, 7) is 1.24. The van der Waals surface area contributed by atoms with Gasteiger partial charge in [-0.3, -0.25) is 14.7 Å². The molecule has 0 radical (unpaired) electrons. The average molecular weight is 236 g/mol. The highest BCUT2D eigenvalue weighted by molar-refractivity contribution is 5.73. The first-order valence-corrected chi connectivity index (χ1v) is 5.73. The molecule has 5 nitrogen and oxygen atoms in total. The van der Waals surface area contributed by atoms with Gasteiger partial charge in [-0.05, 0) is 31.5 Å². The minimum absolute atomic E-state index is 0.0871. The summed E-state index contributed by atoms with van der Waals surface area (Å²) in [7, 11) is 0. The van der Waals surface area contributed by atoms with Crippen molar-refractivity contribution in [2.75, 3.05) is 6.54 Å². The Morgan fingerprint density at radius 1 is 1.47 bits per heavy atom. The fraction of sp³-hybridized carbons (Fsp3) is 0.500. The average Bonchev–Trinajstić information content (AvgIpc) is 2.77. The van der Waals surface area contributed by atoms with E-state index in [1.165, 1.54) is 0 Å². The van der Waals surface area contributed by atoms with E-state index in [1.54, 1.807) is 6.07 Å². The molecule has 0 amide bonds. The molecule has 2 heterocycles. The van der Waals surface area contributed by atoms with Crippen molar-refractivity contribution in [3.05, 3.63) is 29.6 Å². The Bertz CT molecular complexity index is 408. The van der Waals surface area contributed by atoms with E-state index in [0.717, 1.165) is 18.7 Å². The van der Waals surface area contributed by atoms with E-state index in [0.29, 0.717) is 18.7 Å². The molecule has 1 aromatic rings. The SMILES string of the molecule is O=C(O)[C@@H]1CCCN1Cc1cccc(CO)n1.